The van der Waals surface area contributed by atoms with Crippen molar-refractivity contribution < 1.29 is 16.5 Å². The van der Waals surface area contributed by atoms with Crippen molar-refractivity contribution in [3.05, 3.63) is 11.5 Å². The average Bonchev–Trinajstić information content (AvgIpc) is 1.97. The summed E-state index contributed by atoms with van der Waals surface area (Å²) in [6.07, 6.45) is 4.25. The molecule has 2 nitrogen and oxygen atoms in total. The molecule has 2 atom stereocenters. The zero-order chi connectivity index (χ0) is 8.69. The fourth-order valence-corrected chi connectivity index (χ4v) is 1.13. The summed E-state index contributed by atoms with van der Waals surface area (Å²) in [5.74, 6) is 0. The molecule has 0 unspecified atom stereocenters. The Morgan fingerprint density at radius 3 is 1.45 bits per heavy atom. The van der Waals surface area contributed by atoms with E-state index < -0.39 is 16.5 Å². The van der Waals surface area contributed by atoms with Crippen molar-refractivity contribution >= 4 is 18.8 Å². The van der Waals surface area contributed by atoms with Gasteiger partial charge < -0.3 is 11.5 Å². The molecule has 0 aromatic carbocycles. The number of hydrogen-bond acceptors (Lipinski definition) is 0. The van der Waals surface area contributed by atoms with Gasteiger partial charge in [0.25, 0.3) is 0 Å². The van der Waals surface area contributed by atoms with Crippen LogP contribution >= 0.6 is 18.8 Å². The standard InChI is InChI=1S/C6H12N2.2ClH.Pt/c7-5-3-1-2-4-6(5)8;;;/h5-8H,1-4H2;2*1H;/q-2;;;+4/p-2/t5-,6+;;;. The quantitative estimate of drug-likeness (QED) is 0.616. The molecule has 0 aromatic rings. The van der Waals surface area contributed by atoms with E-state index >= 15 is 0 Å². The molecule has 2 N–H and O–H groups in total. The Morgan fingerprint density at radius 2 is 1.27 bits per heavy atom. The van der Waals surface area contributed by atoms with Crippen molar-refractivity contribution in [1.82, 2.24) is 0 Å². The number of rotatable bonds is 0. The molecule has 0 aromatic heterocycles. The van der Waals surface area contributed by atoms with E-state index in [1.54, 1.807) is 0 Å². The molecule has 1 saturated carbocycles. The third-order valence-electron chi connectivity index (χ3n) is 1.77. The van der Waals surface area contributed by atoms with Crippen molar-refractivity contribution in [2.75, 3.05) is 0 Å². The minimum Gasteiger partial charge on any atom is -0.676 e. The summed E-state index contributed by atoms with van der Waals surface area (Å²) in [5.41, 5.74) is 14.6. The van der Waals surface area contributed by atoms with Crippen molar-refractivity contribution in [2.45, 2.75) is 37.8 Å². The maximum absolute atomic E-state index is 7.29. The molecule has 1 aliphatic rings. The largest absolute Gasteiger partial charge is 0.676 e. The summed E-state index contributed by atoms with van der Waals surface area (Å²) in [6.45, 7) is 0. The van der Waals surface area contributed by atoms with Gasteiger partial charge in [-0.15, -0.1) is 0 Å². The van der Waals surface area contributed by atoms with E-state index in [1.807, 2.05) is 0 Å². The molecule has 0 aliphatic heterocycles. The van der Waals surface area contributed by atoms with Gasteiger partial charge in [0.05, 0.1) is 0 Å². The molecule has 70 valence electrons. The first-order chi connectivity index (χ1) is 5.22. The van der Waals surface area contributed by atoms with Crippen LogP contribution in [-0.4, -0.2) is 12.1 Å². The molecular weight excluding hydrogens is 366 g/mol. The van der Waals surface area contributed by atoms with Gasteiger partial charge in [-0.2, -0.15) is 12.1 Å². The zero-order valence-corrected chi connectivity index (χ0v) is 9.84. The topological polar surface area (TPSA) is 47.6 Å². The van der Waals surface area contributed by atoms with E-state index in [1.165, 1.54) is 12.8 Å². The molecule has 1 aliphatic carbocycles. The summed E-state index contributed by atoms with van der Waals surface area (Å²) < 4.78 is 0. The molecule has 5 heteroatoms. The molecule has 0 amide bonds. The number of hydrogen-bond donors (Lipinski definition) is 0. The minimum absolute atomic E-state index is 0.0799. The Bertz CT molecular complexity index is 84.7. The maximum atomic E-state index is 7.29. The first kappa shape index (κ1) is 12.2. The molecule has 1 rings (SSSR count). The van der Waals surface area contributed by atoms with Crippen LogP contribution in [0.2, 0.25) is 0 Å². The summed E-state index contributed by atoms with van der Waals surface area (Å²) in [4.78, 5) is 0. The Morgan fingerprint density at radius 1 is 1.00 bits per heavy atom. The molecule has 0 saturated heterocycles. The fraction of sp³-hybridized carbons (Fsp3) is 1.00. The number of halogens is 2. The third kappa shape index (κ3) is 6.36. The second kappa shape index (κ2) is 7.82. The van der Waals surface area contributed by atoms with Gasteiger partial charge in [0, 0.05) is 0 Å². The van der Waals surface area contributed by atoms with Gasteiger partial charge in [-0.3, -0.25) is 0 Å². The maximum Gasteiger partial charge on any atom is -0.0548 e. The smallest absolute Gasteiger partial charge is 0.0548 e. The van der Waals surface area contributed by atoms with Gasteiger partial charge in [0.1, 0.15) is 0 Å². The van der Waals surface area contributed by atoms with Crippen molar-refractivity contribution in [2.24, 2.45) is 0 Å². The van der Waals surface area contributed by atoms with Crippen LogP contribution in [0.25, 0.3) is 11.5 Å². The first-order valence-corrected chi connectivity index (χ1v) is 9.10. The Kier molecular flexibility index (Phi) is 8.66. The van der Waals surface area contributed by atoms with Crippen LogP contribution in [0.4, 0.5) is 0 Å². The van der Waals surface area contributed by atoms with Crippen LogP contribution in [0.15, 0.2) is 0 Å². The Balaban J connectivity index is 0.000000292. The minimum atomic E-state index is -0.472. The van der Waals surface area contributed by atoms with E-state index in [0.717, 1.165) is 12.8 Å². The van der Waals surface area contributed by atoms with Crippen LogP contribution in [0.5, 0.6) is 0 Å². The van der Waals surface area contributed by atoms with Crippen molar-refractivity contribution in [3.8, 4) is 0 Å². The third-order valence-corrected chi connectivity index (χ3v) is 1.77. The molecule has 0 heterocycles. The fourth-order valence-electron chi connectivity index (χ4n) is 1.13. The second-order valence-corrected chi connectivity index (χ2v) is 5.83. The van der Waals surface area contributed by atoms with Gasteiger partial charge in [-0.25, -0.2) is 0 Å². The zero-order valence-electron chi connectivity index (χ0n) is 6.06. The van der Waals surface area contributed by atoms with Crippen molar-refractivity contribution in [3.63, 3.8) is 0 Å². The van der Waals surface area contributed by atoms with E-state index in [9.17, 15) is 0 Å². The van der Waals surface area contributed by atoms with Gasteiger partial charge in [0.2, 0.25) is 0 Å². The number of nitrogens with one attached hydrogen (secondary N) is 2. The molecule has 0 radical (unpaired) electrons. The van der Waals surface area contributed by atoms with E-state index in [-0.39, 0.29) is 12.1 Å². The van der Waals surface area contributed by atoms with Gasteiger partial charge in [-0.1, -0.05) is 25.7 Å². The molecule has 11 heavy (non-hydrogen) atoms. The summed E-state index contributed by atoms with van der Waals surface area (Å²) in [6, 6.07) is -0.160. The average molecular weight is 378 g/mol. The van der Waals surface area contributed by atoms with Crippen LogP contribution in [0.1, 0.15) is 25.7 Å². The summed E-state index contributed by atoms with van der Waals surface area (Å²) in [5, 5.41) is 0. The van der Waals surface area contributed by atoms with Crippen LogP contribution < -0.4 is 0 Å². The van der Waals surface area contributed by atoms with Gasteiger partial charge in [0.15, 0.2) is 0 Å². The van der Waals surface area contributed by atoms with E-state index in [4.69, 9.17) is 30.3 Å². The Hall–Kier alpha value is 1.19. The molecular formula is C6H12Cl2N2Pt. The van der Waals surface area contributed by atoms with Crippen molar-refractivity contribution in [1.29, 1.82) is 0 Å². The van der Waals surface area contributed by atoms with E-state index in [2.05, 4.69) is 0 Å². The van der Waals surface area contributed by atoms with Gasteiger partial charge >= 0.3 is 35.3 Å². The monoisotopic (exact) mass is 377 g/mol. The van der Waals surface area contributed by atoms with Crippen LogP contribution in [0, 0.1) is 0 Å². The normalized spacial score (nSPS) is 30.9. The summed E-state index contributed by atoms with van der Waals surface area (Å²) >= 11 is -0.472. The first-order valence-electron chi connectivity index (χ1n) is 3.47. The molecule has 1 fully saturated rings. The predicted octanol–water partition coefficient (Wildman–Crippen LogP) is 3.78. The predicted molar refractivity (Wildman–Crippen MR) is 46.4 cm³/mol. The van der Waals surface area contributed by atoms with Crippen LogP contribution in [-0.2, 0) is 16.5 Å². The molecule has 0 bridgehead atoms. The van der Waals surface area contributed by atoms with Crippen LogP contribution in [0.3, 0.4) is 0 Å². The molecule has 0 spiro atoms. The Labute approximate surface area is 84.4 Å². The van der Waals surface area contributed by atoms with E-state index in [0.29, 0.717) is 0 Å². The van der Waals surface area contributed by atoms with Gasteiger partial charge in [-0.05, 0) is 0 Å². The second-order valence-electron chi connectivity index (χ2n) is 2.54. The summed E-state index contributed by atoms with van der Waals surface area (Å²) in [7, 11) is 9.75. The SMILES string of the molecule is [Cl][Pt+2][Cl].[NH-][C@@H]1CCCC[C@@H]1[NH-].